The second kappa shape index (κ2) is 6.26. The number of carbonyl (C=O) groups is 1. The normalized spacial score (nSPS) is 19.4. The van der Waals surface area contributed by atoms with E-state index in [1.807, 2.05) is 4.90 Å². The minimum absolute atomic E-state index is 0.00592. The number of rotatable bonds is 5. The Balaban J connectivity index is 2.02. The van der Waals surface area contributed by atoms with Crippen LogP contribution >= 0.6 is 11.3 Å². The van der Waals surface area contributed by atoms with Crippen LogP contribution in [0.5, 0.6) is 0 Å². The lowest BCUT2D eigenvalue weighted by molar-refractivity contribution is 0.0719. The van der Waals surface area contributed by atoms with Crippen LogP contribution in [-0.2, 0) is 6.54 Å². The first kappa shape index (κ1) is 13.5. The van der Waals surface area contributed by atoms with E-state index in [-0.39, 0.29) is 18.6 Å². The fraction of sp³-hybridized carbons (Fsp3) is 0.667. The van der Waals surface area contributed by atoms with Crippen molar-refractivity contribution in [2.45, 2.75) is 38.3 Å². The molecule has 0 aliphatic carbocycles. The van der Waals surface area contributed by atoms with Crippen LogP contribution in [0.1, 0.15) is 41.2 Å². The van der Waals surface area contributed by atoms with Crippen molar-refractivity contribution in [1.29, 1.82) is 0 Å². The van der Waals surface area contributed by atoms with Gasteiger partial charge in [0.1, 0.15) is 10.7 Å². The molecule has 5 nitrogen and oxygen atoms in total. The Morgan fingerprint density at radius 1 is 1.67 bits per heavy atom. The van der Waals surface area contributed by atoms with E-state index in [4.69, 9.17) is 10.8 Å². The molecule has 1 atom stereocenters. The van der Waals surface area contributed by atoms with E-state index in [1.165, 1.54) is 11.3 Å². The van der Waals surface area contributed by atoms with E-state index >= 15 is 0 Å². The lowest BCUT2D eigenvalue weighted by Gasteiger charge is -2.23. The van der Waals surface area contributed by atoms with Crippen molar-refractivity contribution in [2.24, 2.45) is 5.73 Å². The van der Waals surface area contributed by atoms with Crippen molar-refractivity contribution in [1.82, 2.24) is 9.88 Å². The quantitative estimate of drug-likeness (QED) is 0.835. The molecule has 1 aromatic rings. The Hall–Kier alpha value is -0.980. The Labute approximate surface area is 111 Å². The maximum Gasteiger partial charge on any atom is 0.273 e. The van der Waals surface area contributed by atoms with Crippen molar-refractivity contribution < 1.29 is 9.90 Å². The van der Waals surface area contributed by atoms with Gasteiger partial charge in [0.05, 0.1) is 0 Å². The molecule has 2 rings (SSSR count). The van der Waals surface area contributed by atoms with Gasteiger partial charge in [-0.3, -0.25) is 4.79 Å². The van der Waals surface area contributed by atoms with Gasteiger partial charge in [-0.05, 0) is 25.7 Å². The Morgan fingerprint density at radius 2 is 2.50 bits per heavy atom. The first-order valence-corrected chi connectivity index (χ1v) is 7.20. The molecule has 0 saturated carbocycles. The Bertz CT molecular complexity index is 408. The maximum absolute atomic E-state index is 12.3. The lowest BCUT2D eigenvalue weighted by atomic mass is 10.1. The summed E-state index contributed by atoms with van der Waals surface area (Å²) in [4.78, 5) is 18.5. The molecule has 0 spiro atoms. The molecule has 2 heterocycles. The average molecular weight is 269 g/mol. The number of thiazole rings is 1. The van der Waals surface area contributed by atoms with Crippen molar-refractivity contribution in [3.8, 4) is 0 Å². The van der Waals surface area contributed by atoms with Gasteiger partial charge in [0, 0.05) is 31.1 Å². The number of aliphatic hydroxyl groups is 1. The fourth-order valence-electron chi connectivity index (χ4n) is 2.38. The molecule has 1 fully saturated rings. The van der Waals surface area contributed by atoms with E-state index in [2.05, 4.69) is 4.98 Å². The van der Waals surface area contributed by atoms with Gasteiger partial charge in [0.25, 0.3) is 5.91 Å². The number of aliphatic hydroxyl groups excluding tert-OH is 1. The third-order valence-corrected chi connectivity index (χ3v) is 4.15. The van der Waals surface area contributed by atoms with E-state index in [1.54, 1.807) is 5.38 Å². The second-order valence-electron chi connectivity index (χ2n) is 4.49. The van der Waals surface area contributed by atoms with E-state index in [0.29, 0.717) is 12.2 Å². The van der Waals surface area contributed by atoms with Crippen LogP contribution < -0.4 is 5.73 Å². The van der Waals surface area contributed by atoms with E-state index in [0.717, 1.165) is 37.2 Å². The lowest BCUT2D eigenvalue weighted by Crippen LogP contribution is -2.35. The van der Waals surface area contributed by atoms with Crippen molar-refractivity contribution in [3.63, 3.8) is 0 Å². The molecule has 1 unspecified atom stereocenters. The SMILES string of the molecule is NCc1nc(C(=O)N2CCCC2CCCO)cs1. The summed E-state index contributed by atoms with van der Waals surface area (Å²) in [5, 5.41) is 11.5. The molecule has 1 aliphatic rings. The first-order valence-electron chi connectivity index (χ1n) is 6.32. The molecule has 1 aromatic heterocycles. The predicted molar refractivity (Wildman–Crippen MR) is 70.4 cm³/mol. The van der Waals surface area contributed by atoms with Crippen LogP contribution in [0.2, 0.25) is 0 Å². The molecule has 1 aliphatic heterocycles. The number of nitrogens with two attached hydrogens (primary N) is 1. The van der Waals surface area contributed by atoms with Gasteiger partial charge in [-0.2, -0.15) is 0 Å². The van der Waals surface area contributed by atoms with Crippen LogP contribution in [0.15, 0.2) is 5.38 Å². The summed E-state index contributed by atoms with van der Waals surface area (Å²) in [7, 11) is 0. The van der Waals surface area contributed by atoms with Crippen LogP contribution in [0, 0.1) is 0 Å². The summed E-state index contributed by atoms with van der Waals surface area (Å²) in [6, 6.07) is 0.257. The highest BCUT2D eigenvalue weighted by Gasteiger charge is 2.29. The zero-order chi connectivity index (χ0) is 13.0. The van der Waals surface area contributed by atoms with Gasteiger partial charge < -0.3 is 15.7 Å². The molecule has 0 aromatic carbocycles. The molecule has 0 radical (unpaired) electrons. The average Bonchev–Trinajstić information content (AvgIpc) is 3.04. The standard InChI is InChI=1S/C12H19N3O2S/c13-7-11-14-10(8-18-11)12(17)15-5-1-3-9(15)4-2-6-16/h8-9,16H,1-7,13H2. The molecular formula is C12H19N3O2S. The van der Waals surface area contributed by atoms with Gasteiger partial charge in [0.15, 0.2) is 0 Å². The summed E-state index contributed by atoms with van der Waals surface area (Å²) in [6.45, 7) is 1.36. The van der Waals surface area contributed by atoms with Crippen LogP contribution in [0.4, 0.5) is 0 Å². The van der Waals surface area contributed by atoms with Crippen molar-refractivity contribution >= 4 is 17.2 Å². The summed E-state index contributed by atoms with van der Waals surface area (Å²) >= 11 is 1.43. The zero-order valence-corrected chi connectivity index (χ0v) is 11.2. The molecular weight excluding hydrogens is 250 g/mol. The monoisotopic (exact) mass is 269 g/mol. The molecule has 3 N–H and O–H groups in total. The first-order chi connectivity index (χ1) is 8.76. The minimum Gasteiger partial charge on any atom is -0.396 e. The van der Waals surface area contributed by atoms with Crippen molar-refractivity contribution in [2.75, 3.05) is 13.2 Å². The highest BCUT2D eigenvalue weighted by Crippen LogP contribution is 2.24. The fourth-order valence-corrected chi connectivity index (χ4v) is 3.03. The van der Waals surface area contributed by atoms with E-state index in [9.17, 15) is 4.79 Å². The zero-order valence-electron chi connectivity index (χ0n) is 10.3. The number of hydrogen-bond acceptors (Lipinski definition) is 5. The van der Waals surface area contributed by atoms with Gasteiger partial charge in [-0.25, -0.2) is 4.98 Å². The number of aromatic nitrogens is 1. The number of carbonyl (C=O) groups excluding carboxylic acids is 1. The van der Waals surface area contributed by atoms with E-state index < -0.39 is 0 Å². The topological polar surface area (TPSA) is 79.5 Å². The maximum atomic E-state index is 12.3. The smallest absolute Gasteiger partial charge is 0.273 e. The molecule has 18 heavy (non-hydrogen) atoms. The molecule has 1 saturated heterocycles. The number of likely N-dealkylation sites (tertiary alicyclic amines) is 1. The Kier molecular flexibility index (Phi) is 4.68. The summed E-state index contributed by atoms with van der Waals surface area (Å²) in [6.07, 6.45) is 3.69. The van der Waals surface area contributed by atoms with Gasteiger partial charge in [-0.15, -0.1) is 11.3 Å². The highest BCUT2D eigenvalue weighted by molar-refractivity contribution is 7.09. The summed E-state index contributed by atoms with van der Waals surface area (Å²) in [5.74, 6) is 0.00592. The third-order valence-electron chi connectivity index (χ3n) is 3.28. The van der Waals surface area contributed by atoms with Gasteiger partial charge in [-0.1, -0.05) is 0 Å². The number of amides is 1. The molecule has 6 heteroatoms. The van der Waals surface area contributed by atoms with Crippen LogP contribution in [0.25, 0.3) is 0 Å². The summed E-state index contributed by atoms with van der Waals surface area (Å²) < 4.78 is 0. The molecule has 0 bridgehead atoms. The predicted octanol–water partition coefficient (Wildman–Crippen LogP) is 0.979. The second-order valence-corrected chi connectivity index (χ2v) is 5.43. The van der Waals surface area contributed by atoms with Crippen molar-refractivity contribution in [3.05, 3.63) is 16.1 Å². The number of nitrogens with zero attached hydrogens (tertiary/aromatic N) is 2. The Morgan fingerprint density at radius 3 is 3.17 bits per heavy atom. The molecule has 1 amide bonds. The number of hydrogen-bond donors (Lipinski definition) is 2. The third kappa shape index (κ3) is 2.88. The highest BCUT2D eigenvalue weighted by atomic mass is 32.1. The van der Waals surface area contributed by atoms with Gasteiger partial charge >= 0.3 is 0 Å². The van der Waals surface area contributed by atoms with Gasteiger partial charge in [0.2, 0.25) is 0 Å². The summed E-state index contributed by atoms with van der Waals surface area (Å²) in [5.41, 5.74) is 6.02. The molecule has 100 valence electrons. The largest absolute Gasteiger partial charge is 0.396 e. The van der Waals surface area contributed by atoms with Crippen LogP contribution in [0.3, 0.4) is 0 Å². The minimum atomic E-state index is 0.00592. The van der Waals surface area contributed by atoms with Crippen LogP contribution in [-0.4, -0.2) is 40.1 Å².